The number of benzene rings is 1. The maximum Gasteiger partial charge on any atom is 0.325 e. The van der Waals surface area contributed by atoms with Crippen molar-refractivity contribution in [3.63, 3.8) is 0 Å². The Kier molecular flexibility index (Phi) is 2.83. The number of hydrogen-bond acceptors (Lipinski definition) is 3. The van der Waals surface area contributed by atoms with Gasteiger partial charge in [-0.2, -0.15) is 0 Å². The van der Waals surface area contributed by atoms with Gasteiger partial charge in [0, 0.05) is 26.2 Å². The highest BCUT2D eigenvalue weighted by Crippen LogP contribution is 2.32. The molecule has 5 nitrogen and oxygen atoms in total. The highest BCUT2D eigenvalue weighted by atomic mass is 16.5. The van der Waals surface area contributed by atoms with E-state index < -0.39 is 0 Å². The van der Waals surface area contributed by atoms with Crippen molar-refractivity contribution in [2.24, 2.45) is 0 Å². The molecular formula is C13H17N3O2. The van der Waals surface area contributed by atoms with Crippen molar-refractivity contribution < 1.29 is 9.53 Å². The smallest absolute Gasteiger partial charge is 0.325 e. The number of piperazine rings is 1. The molecule has 0 saturated carbocycles. The van der Waals surface area contributed by atoms with E-state index in [1.54, 1.807) is 7.11 Å². The zero-order valence-corrected chi connectivity index (χ0v) is 10.4. The highest BCUT2D eigenvalue weighted by Gasteiger charge is 2.39. The standard InChI is InChI=1S/C13H17N3O2/c1-18-12-5-3-2-4-11(12)16-9-10-8-14-6-7-15(10)13(16)17/h2-5,10,14H,6-9H2,1H3. The molecule has 2 saturated heterocycles. The van der Waals surface area contributed by atoms with Crippen LogP contribution < -0.4 is 15.0 Å². The first-order valence-electron chi connectivity index (χ1n) is 6.23. The van der Waals surface area contributed by atoms with Crippen LogP contribution in [0.5, 0.6) is 5.75 Å². The van der Waals surface area contributed by atoms with E-state index in [1.165, 1.54) is 0 Å². The third kappa shape index (κ3) is 1.71. The molecule has 0 radical (unpaired) electrons. The molecule has 2 aliphatic rings. The Hall–Kier alpha value is -1.75. The van der Waals surface area contributed by atoms with Gasteiger partial charge in [0.15, 0.2) is 0 Å². The van der Waals surface area contributed by atoms with Gasteiger partial charge in [0.1, 0.15) is 5.75 Å². The van der Waals surface area contributed by atoms with Gasteiger partial charge in [-0.25, -0.2) is 4.79 Å². The molecule has 18 heavy (non-hydrogen) atoms. The second-order valence-corrected chi connectivity index (χ2v) is 4.62. The average Bonchev–Trinajstić information content (AvgIpc) is 2.76. The fraction of sp³-hybridized carbons (Fsp3) is 0.462. The predicted molar refractivity (Wildman–Crippen MR) is 69.1 cm³/mol. The molecule has 0 aromatic heterocycles. The summed E-state index contributed by atoms with van der Waals surface area (Å²) in [4.78, 5) is 16.1. The van der Waals surface area contributed by atoms with Crippen LogP contribution in [0.3, 0.4) is 0 Å². The van der Waals surface area contributed by atoms with E-state index in [0.717, 1.165) is 37.6 Å². The zero-order valence-electron chi connectivity index (χ0n) is 10.4. The summed E-state index contributed by atoms with van der Waals surface area (Å²) in [6.07, 6.45) is 0. The molecule has 2 aliphatic heterocycles. The zero-order chi connectivity index (χ0) is 12.5. The molecule has 2 heterocycles. The van der Waals surface area contributed by atoms with E-state index in [9.17, 15) is 4.79 Å². The molecule has 3 rings (SSSR count). The number of nitrogens with one attached hydrogen (secondary N) is 1. The Balaban J connectivity index is 1.91. The van der Waals surface area contributed by atoms with Crippen molar-refractivity contribution in [1.29, 1.82) is 0 Å². The number of fused-ring (bicyclic) bond motifs is 1. The maximum atomic E-state index is 12.4. The summed E-state index contributed by atoms with van der Waals surface area (Å²) in [5.41, 5.74) is 0.861. The van der Waals surface area contributed by atoms with Crippen molar-refractivity contribution >= 4 is 11.7 Å². The number of methoxy groups -OCH3 is 1. The molecule has 1 unspecified atom stereocenters. The summed E-state index contributed by atoms with van der Waals surface area (Å²) in [7, 11) is 1.63. The van der Waals surface area contributed by atoms with Gasteiger partial charge in [-0.1, -0.05) is 12.1 Å². The lowest BCUT2D eigenvalue weighted by atomic mass is 10.2. The number of hydrogen-bond donors (Lipinski definition) is 1. The van der Waals surface area contributed by atoms with Crippen LogP contribution in [0.25, 0.3) is 0 Å². The first-order valence-corrected chi connectivity index (χ1v) is 6.23. The normalized spacial score (nSPS) is 23.2. The third-order valence-corrected chi connectivity index (χ3v) is 3.60. The molecule has 5 heteroatoms. The van der Waals surface area contributed by atoms with Crippen molar-refractivity contribution in [2.45, 2.75) is 6.04 Å². The topological polar surface area (TPSA) is 44.8 Å². The number of amides is 2. The predicted octanol–water partition coefficient (Wildman–Crippen LogP) is 0.909. The van der Waals surface area contributed by atoms with E-state index in [4.69, 9.17) is 4.74 Å². The summed E-state index contributed by atoms with van der Waals surface area (Å²) < 4.78 is 5.33. The van der Waals surface area contributed by atoms with Crippen LogP contribution in [-0.4, -0.2) is 50.3 Å². The first-order chi connectivity index (χ1) is 8.81. The quantitative estimate of drug-likeness (QED) is 0.845. The Morgan fingerprint density at radius 1 is 1.39 bits per heavy atom. The maximum absolute atomic E-state index is 12.4. The Morgan fingerprint density at radius 3 is 3.00 bits per heavy atom. The van der Waals surface area contributed by atoms with E-state index in [1.807, 2.05) is 34.1 Å². The number of urea groups is 1. The number of rotatable bonds is 2. The van der Waals surface area contributed by atoms with Gasteiger partial charge in [-0.05, 0) is 12.1 Å². The van der Waals surface area contributed by atoms with Crippen LogP contribution in [0, 0.1) is 0 Å². The summed E-state index contributed by atoms with van der Waals surface area (Å²) in [5.74, 6) is 0.749. The van der Waals surface area contributed by atoms with Crippen molar-refractivity contribution in [1.82, 2.24) is 10.2 Å². The van der Waals surface area contributed by atoms with Gasteiger partial charge in [-0.3, -0.25) is 4.90 Å². The molecule has 1 N–H and O–H groups in total. The average molecular weight is 247 g/mol. The molecule has 1 aromatic rings. The molecule has 0 aliphatic carbocycles. The molecule has 2 amide bonds. The van der Waals surface area contributed by atoms with Crippen LogP contribution >= 0.6 is 0 Å². The number of carbonyl (C=O) groups is 1. The van der Waals surface area contributed by atoms with Crippen molar-refractivity contribution in [3.8, 4) is 5.75 Å². The van der Waals surface area contributed by atoms with Gasteiger partial charge in [0.25, 0.3) is 0 Å². The lowest BCUT2D eigenvalue weighted by Gasteiger charge is -2.28. The van der Waals surface area contributed by atoms with E-state index in [2.05, 4.69) is 5.32 Å². The van der Waals surface area contributed by atoms with E-state index in [-0.39, 0.29) is 12.1 Å². The minimum Gasteiger partial charge on any atom is -0.495 e. The Bertz CT molecular complexity index is 463. The van der Waals surface area contributed by atoms with Gasteiger partial charge in [0.2, 0.25) is 0 Å². The van der Waals surface area contributed by atoms with Crippen LogP contribution in [0.4, 0.5) is 10.5 Å². The third-order valence-electron chi connectivity index (χ3n) is 3.60. The van der Waals surface area contributed by atoms with Gasteiger partial charge in [0.05, 0.1) is 18.8 Å². The van der Waals surface area contributed by atoms with E-state index in [0.29, 0.717) is 0 Å². The SMILES string of the molecule is COc1ccccc1N1CC2CNCCN2C1=O. The number of anilines is 1. The lowest BCUT2D eigenvalue weighted by molar-refractivity contribution is 0.193. The molecule has 1 atom stereocenters. The van der Waals surface area contributed by atoms with Crippen molar-refractivity contribution in [2.75, 3.05) is 38.2 Å². The van der Waals surface area contributed by atoms with Crippen molar-refractivity contribution in [3.05, 3.63) is 24.3 Å². The minimum absolute atomic E-state index is 0.0889. The van der Waals surface area contributed by atoms with Gasteiger partial charge in [-0.15, -0.1) is 0 Å². The Labute approximate surface area is 106 Å². The second-order valence-electron chi connectivity index (χ2n) is 4.62. The van der Waals surface area contributed by atoms with Gasteiger partial charge < -0.3 is 15.0 Å². The fourth-order valence-electron chi connectivity index (χ4n) is 2.67. The summed E-state index contributed by atoms with van der Waals surface area (Å²) >= 11 is 0. The summed E-state index contributed by atoms with van der Waals surface area (Å²) in [5, 5.41) is 3.33. The summed E-state index contributed by atoms with van der Waals surface area (Å²) in [6.45, 7) is 3.26. The van der Waals surface area contributed by atoms with Crippen LogP contribution in [0.2, 0.25) is 0 Å². The number of nitrogens with zero attached hydrogens (tertiary/aromatic N) is 2. The van der Waals surface area contributed by atoms with Crippen LogP contribution in [0.15, 0.2) is 24.3 Å². The highest BCUT2D eigenvalue weighted by molar-refractivity contribution is 5.96. The summed E-state index contributed by atoms with van der Waals surface area (Å²) in [6, 6.07) is 8.03. The molecular weight excluding hydrogens is 230 g/mol. The monoisotopic (exact) mass is 247 g/mol. The lowest BCUT2D eigenvalue weighted by Crippen LogP contribution is -2.49. The van der Waals surface area contributed by atoms with E-state index >= 15 is 0 Å². The molecule has 0 spiro atoms. The largest absolute Gasteiger partial charge is 0.495 e. The number of ether oxygens (including phenoxy) is 1. The molecule has 2 fully saturated rings. The molecule has 0 bridgehead atoms. The van der Waals surface area contributed by atoms with Crippen LogP contribution in [0.1, 0.15) is 0 Å². The molecule has 1 aromatic carbocycles. The number of para-hydroxylation sites is 2. The number of carbonyl (C=O) groups excluding carboxylic acids is 1. The Morgan fingerprint density at radius 2 is 2.22 bits per heavy atom. The molecule has 96 valence electrons. The minimum atomic E-state index is 0.0889. The fourth-order valence-corrected chi connectivity index (χ4v) is 2.67. The first kappa shape index (κ1) is 11.3. The second kappa shape index (κ2) is 4.49. The van der Waals surface area contributed by atoms with Crippen LogP contribution in [-0.2, 0) is 0 Å². The van der Waals surface area contributed by atoms with Gasteiger partial charge >= 0.3 is 6.03 Å².